The largest absolute Gasteiger partial charge is 0.491 e. The van der Waals surface area contributed by atoms with E-state index < -0.39 is 10.8 Å². The average Bonchev–Trinajstić information content (AvgIpc) is 2.68. The number of anilines is 1. The number of ether oxygens (including phenoxy) is 1. The maximum absolute atomic E-state index is 12.5. The second kappa shape index (κ2) is 8.17. The molecule has 5 nitrogen and oxygen atoms in total. The Hall–Kier alpha value is -1.56. The summed E-state index contributed by atoms with van der Waals surface area (Å²) < 4.78 is 17.3. The minimum atomic E-state index is -0.817. The van der Waals surface area contributed by atoms with Crippen molar-refractivity contribution >= 4 is 22.5 Å². The summed E-state index contributed by atoms with van der Waals surface area (Å²) in [6.45, 7) is 5.19. The van der Waals surface area contributed by atoms with Crippen LogP contribution in [0.25, 0.3) is 0 Å². The first-order valence-electron chi connectivity index (χ1n) is 7.76. The van der Waals surface area contributed by atoms with E-state index >= 15 is 0 Å². The van der Waals surface area contributed by atoms with E-state index in [9.17, 15) is 9.00 Å². The average molecular weight is 324 g/mol. The van der Waals surface area contributed by atoms with Crippen LogP contribution in [0.2, 0.25) is 0 Å². The van der Waals surface area contributed by atoms with E-state index in [1.807, 2.05) is 38.1 Å². The monoisotopic (exact) mass is 324 g/mol. The van der Waals surface area contributed by atoms with E-state index in [0.29, 0.717) is 36.1 Å². The Balaban J connectivity index is 2.06. The molecule has 1 saturated heterocycles. The third kappa shape index (κ3) is 4.47. The molecule has 1 aliphatic heterocycles. The molecule has 122 valence electrons. The zero-order chi connectivity index (χ0) is 15.9. The van der Waals surface area contributed by atoms with Crippen LogP contribution in [-0.4, -0.2) is 45.8 Å². The Morgan fingerprint density at radius 1 is 1.41 bits per heavy atom. The summed E-state index contributed by atoms with van der Waals surface area (Å²) in [5.74, 6) is 1.90. The lowest BCUT2D eigenvalue weighted by Crippen LogP contribution is -2.42. The highest BCUT2D eigenvalue weighted by molar-refractivity contribution is 7.85. The lowest BCUT2D eigenvalue weighted by Gasteiger charge is -2.27. The van der Waals surface area contributed by atoms with Crippen molar-refractivity contribution in [3.05, 3.63) is 24.3 Å². The van der Waals surface area contributed by atoms with Gasteiger partial charge in [0, 0.05) is 34.9 Å². The molecular formula is C16H24N2O3S. The van der Waals surface area contributed by atoms with Crippen molar-refractivity contribution in [3.8, 4) is 5.75 Å². The summed E-state index contributed by atoms with van der Waals surface area (Å²) in [4.78, 5) is 14.3. The molecule has 1 heterocycles. The first kappa shape index (κ1) is 16.8. The molecule has 0 radical (unpaired) electrons. The van der Waals surface area contributed by atoms with Crippen LogP contribution in [0.1, 0.15) is 26.7 Å². The Bertz CT molecular complexity index is 536. The van der Waals surface area contributed by atoms with Gasteiger partial charge in [-0.3, -0.25) is 4.21 Å². The Morgan fingerprint density at radius 2 is 2.18 bits per heavy atom. The van der Waals surface area contributed by atoms with Gasteiger partial charge in [0.15, 0.2) is 0 Å². The molecule has 2 rings (SSSR count). The van der Waals surface area contributed by atoms with E-state index in [4.69, 9.17) is 4.74 Å². The van der Waals surface area contributed by atoms with Crippen molar-refractivity contribution in [2.45, 2.75) is 32.7 Å². The van der Waals surface area contributed by atoms with Crippen LogP contribution in [0.4, 0.5) is 10.5 Å². The Morgan fingerprint density at radius 3 is 2.95 bits per heavy atom. The van der Waals surface area contributed by atoms with Crippen LogP contribution < -0.4 is 10.1 Å². The molecule has 1 aromatic carbocycles. The van der Waals surface area contributed by atoms with Crippen LogP contribution in [0, 0.1) is 0 Å². The summed E-state index contributed by atoms with van der Waals surface area (Å²) in [5, 5.41) is 2.93. The van der Waals surface area contributed by atoms with Crippen LogP contribution in [0.15, 0.2) is 24.3 Å². The molecule has 0 aromatic heterocycles. The van der Waals surface area contributed by atoms with Gasteiger partial charge in [0.2, 0.25) is 0 Å². The molecule has 1 N–H and O–H groups in total. The lowest BCUT2D eigenvalue weighted by atomic mass is 10.2. The smallest absolute Gasteiger partial charge is 0.322 e. The number of hydrogen-bond donors (Lipinski definition) is 1. The van der Waals surface area contributed by atoms with Gasteiger partial charge in [-0.25, -0.2) is 4.79 Å². The molecule has 0 saturated carbocycles. The number of hydrogen-bond acceptors (Lipinski definition) is 3. The zero-order valence-corrected chi connectivity index (χ0v) is 14.0. The lowest BCUT2D eigenvalue weighted by molar-refractivity contribution is 0.196. The number of rotatable bonds is 4. The quantitative estimate of drug-likeness (QED) is 0.926. The summed E-state index contributed by atoms with van der Waals surface area (Å²) in [7, 11) is -0.817. The third-order valence-electron chi connectivity index (χ3n) is 3.71. The fourth-order valence-electron chi connectivity index (χ4n) is 2.38. The first-order valence-corrected chi connectivity index (χ1v) is 9.25. The molecule has 6 heteroatoms. The highest BCUT2D eigenvalue weighted by Gasteiger charge is 2.24. The standard InChI is InChI=1S/C16H24N2O3S/c1-3-10-21-15-7-5-4-6-14(15)17-16(19)18-9-12-22(20)11-8-13(18)2/h4-7,13H,3,8-12H2,1-2H3,(H,17,19)/t13-,22+/m1/s1. The van der Waals surface area contributed by atoms with Gasteiger partial charge in [-0.1, -0.05) is 19.1 Å². The molecule has 2 atom stereocenters. The van der Waals surface area contributed by atoms with Gasteiger partial charge in [-0.2, -0.15) is 0 Å². The second-order valence-corrected chi connectivity index (χ2v) is 7.15. The predicted octanol–water partition coefficient (Wildman–Crippen LogP) is 2.85. The Kier molecular flexibility index (Phi) is 6.24. The van der Waals surface area contributed by atoms with Gasteiger partial charge in [0.1, 0.15) is 5.75 Å². The number of carbonyl (C=O) groups is 1. The summed E-state index contributed by atoms with van der Waals surface area (Å²) in [5.41, 5.74) is 0.679. The van der Waals surface area contributed by atoms with Crippen LogP contribution >= 0.6 is 0 Å². The molecule has 0 aliphatic carbocycles. The fourth-order valence-corrected chi connectivity index (χ4v) is 3.59. The number of carbonyl (C=O) groups excluding carboxylic acids is 1. The van der Waals surface area contributed by atoms with Crippen LogP contribution in [0.5, 0.6) is 5.75 Å². The molecule has 22 heavy (non-hydrogen) atoms. The van der Waals surface area contributed by atoms with E-state index in [1.165, 1.54) is 0 Å². The molecular weight excluding hydrogens is 300 g/mol. The fraction of sp³-hybridized carbons (Fsp3) is 0.562. The highest BCUT2D eigenvalue weighted by Crippen LogP contribution is 2.25. The van der Waals surface area contributed by atoms with Gasteiger partial charge >= 0.3 is 6.03 Å². The van der Waals surface area contributed by atoms with Gasteiger partial charge in [-0.05, 0) is 31.9 Å². The summed E-state index contributed by atoms with van der Waals surface area (Å²) in [6.07, 6.45) is 1.69. The molecule has 1 aromatic rings. The van der Waals surface area contributed by atoms with E-state index in [0.717, 1.165) is 12.8 Å². The molecule has 2 amide bonds. The number of amides is 2. The topological polar surface area (TPSA) is 58.6 Å². The van der Waals surface area contributed by atoms with Crippen molar-refractivity contribution < 1.29 is 13.7 Å². The van der Waals surface area contributed by atoms with E-state index in [1.54, 1.807) is 4.90 Å². The van der Waals surface area contributed by atoms with Gasteiger partial charge in [0.25, 0.3) is 0 Å². The van der Waals surface area contributed by atoms with Crippen LogP contribution in [0.3, 0.4) is 0 Å². The molecule has 1 fully saturated rings. The van der Waals surface area contributed by atoms with Gasteiger partial charge in [0.05, 0.1) is 12.3 Å². The van der Waals surface area contributed by atoms with Crippen molar-refractivity contribution in [3.63, 3.8) is 0 Å². The van der Waals surface area contributed by atoms with Crippen molar-refractivity contribution in [1.82, 2.24) is 4.90 Å². The minimum Gasteiger partial charge on any atom is -0.491 e. The van der Waals surface area contributed by atoms with Gasteiger partial charge < -0.3 is 15.0 Å². The summed E-state index contributed by atoms with van der Waals surface area (Å²) in [6, 6.07) is 7.39. The molecule has 0 spiro atoms. The summed E-state index contributed by atoms with van der Waals surface area (Å²) >= 11 is 0. The van der Waals surface area contributed by atoms with Gasteiger partial charge in [-0.15, -0.1) is 0 Å². The number of benzene rings is 1. The van der Waals surface area contributed by atoms with Crippen molar-refractivity contribution in [2.24, 2.45) is 0 Å². The number of urea groups is 1. The number of nitrogens with one attached hydrogen (secondary N) is 1. The van der Waals surface area contributed by atoms with E-state index in [-0.39, 0.29) is 12.1 Å². The highest BCUT2D eigenvalue weighted by atomic mass is 32.2. The van der Waals surface area contributed by atoms with Crippen molar-refractivity contribution in [1.29, 1.82) is 0 Å². The predicted molar refractivity (Wildman–Crippen MR) is 89.9 cm³/mol. The minimum absolute atomic E-state index is 0.0928. The Labute approximate surface area is 134 Å². The molecule has 0 bridgehead atoms. The van der Waals surface area contributed by atoms with E-state index in [2.05, 4.69) is 5.32 Å². The van der Waals surface area contributed by atoms with Crippen molar-refractivity contribution in [2.75, 3.05) is 30.0 Å². The number of para-hydroxylation sites is 2. The molecule has 0 unspecified atom stereocenters. The maximum Gasteiger partial charge on any atom is 0.322 e. The normalized spacial score (nSPS) is 22.0. The number of nitrogens with zero attached hydrogens (tertiary/aromatic N) is 1. The second-order valence-electron chi connectivity index (χ2n) is 5.45. The molecule has 1 aliphatic rings. The zero-order valence-electron chi connectivity index (χ0n) is 13.2. The SMILES string of the molecule is CCCOc1ccccc1NC(=O)N1CC[S@@](=O)CC[C@H]1C. The third-order valence-corrected chi connectivity index (χ3v) is 5.04. The van der Waals surface area contributed by atoms with Crippen LogP contribution in [-0.2, 0) is 10.8 Å². The first-order chi connectivity index (χ1) is 10.6. The maximum atomic E-state index is 12.5.